The Hall–Kier alpha value is -2.76. The van der Waals surface area contributed by atoms with Crippen LogP contribution in [0, 0.1) is 0 Å². The second-order valence-electron chi connectivity index (χ2n) is 4.79. The molecule has 0 unspecified atom stereocenters. The molecule has 2 N–H and O–H groups in total. The molecular weight excluding hydrogens is 270 g/mol. The SMILES string of the molecule is CN(Cc1ccc2c(c1)OCO2)C(=O)c1ncccc1N. The molecule has 1 aliphatic rings. The number of carbonyl (C=O) groups is 1. The number of rotatable bonds is 3. The first-order valence-electron chi connectivity index (χ1n) is 6.49. The van der Waals surface area contributed by atoms with E-state index in [2.05, 4.69) is 4.98 Å². The quantitative estimate of drug-likeness (QED) is 0.928. The van der Waals surface area contributed by atoms with Crippen LogP contribution in [-0.4, -0.2) is 29.6 Å². The maximum Gasteiger partial charge on any atom is 0.274 e. The molecule has 6 nitrogen and oxygen atoms in total. The largest absolute Gasteiger partial charge is 0.454 e. The molecule has 21 heavy (non-hydrogen) atoms. The Morgan fingerprint density at radius 2 is 2.14 bits per heavy atom. The number of hydrogen-bond donors (Lipinski definition) is 1. The topological polar surface area (TPSA) is 77.7 Å². The van der Waals surface area contributed by atoms with E-state index in [-0.39, 0.29) is 18.4 Å². The Bertz CT molecular complexity index is 688. The van der Waals surface area contributed by atoms with Gasteiger partial charge in [-0.25, -0.2) is 4.98 Å². The zero-order chi connectivity index (χ0) is 14.8. The van der Waals surface area contributed by atoms with Gasteiger partial charge in [0.05, 0.1) is 5.69 Å². The van der Waals surface area contributed by atoms with Crippen LogP contribution in [0.1, 0.15) is 16.1 Å². The van der Waals surface area contributed by atoms with Gasteiger partial charge < -0.3 is 20.1 Å². The van der Waals surface area contributed by atoms with Crippen molar-refractivity contribution in [3.05, 3.63) is 47.8 Å². The predicted molar refractivity (Wildman–Crippen MR) is 77.0 cm³/mol. The van der Waals surface area contributed by atoms with Gasteiger partial charge >= 0.3 is 0 Å². The van der Waals surface area contributed by atoms with E-state index >= 15 is 0 Å². The third-order valence-corrected chi connectivity index (χ3v) is 3.24. The summed E-state index contributed by atoms with van der Waals surface area (Å²) < 4.78 is 10.6. The summed E-state index contributed by atoms with van der Waals surface area (Å²) in [6, 6.07) is 8.97. The molecule has 1 aliphatic heterocycles. The molecule has 0 atom stereocenters. The van der Waals surface area contributed by atoms with Gasteiger partial charge in [-0.2, -0.15) is 0 Å². The van der Waals surface area contributed by atoms with Crippen LogP contribution < -0.4 is 15.2 Å². The second-order valence-corrected chi connectivity index (χ2v) is 4.79. The predicted octanol–water partition coefficient (Wildman–Crippen LogP) is 1.66. The number of hydrogen-bond acceptors (Lipinski definition) is 5. The number of amides is 1. The lowest BCUT2D eigenvalue weighted by Gasteiger charge is -2.17. The summed E-state index contributed by atoms with van der Waals surface area (Å²) in [7, 11) is 1.71. The van der Waals surface area contributed by atoms with E-state index in [1.54, 1.807) is 30.3 Å². The number of nitrogens with zero attached hydrogens (tertiary/aromatic N) is 2. The fourth-order valence-corrected chi connectivity index (χ4v) is 2.16. The van der Waals surface area contributed by atoms with E-state index in [1.165, 1.54) is 0 Å². The Balaban J connectivity index is 1.76. The van der Waals surface area contributed by atoms with E-state index in [0.717, 1.165) is 11.3 Å². The van der Waals surface area contributed by atoms with Crippen molar-refractivity contribution in [3.63, 3.8) is 0 Å². The first-order valence-corrected chi connectivity index (χ1v) is 6.49. The second kappa shape index (κ2) is 5.32. The monoisotopic (exact) mass is 285 g/mol. The van der Waals surface area contributed by atoms with Gasteiger partial charge in [0, 0.05) is 19.8 Å². The lowest BCUT2D eigenvalue weighted by Crippen LogP contribution is -2.27. The van der Waals surface area contributed by atoms with Crippen molar-refractivity contribution in [2.45, 2.75) is 6.54 Å². The fraction of sp³-hybridized carbons (Fsp3) is 0.200. The number of nitrogens with two attached hydrogens (primary N) is 1. The number of aromatic nitrogens is 1. The van der Waals surface area contributed by atoms with Crippen molar-refractivity contribution in [1.29, 1.82) is 0 Å². The molecule has 0 radical (unpaired) electrons. The molecule has 0 saturated heterocycles. The lowest BCUT2D eigenvalue weighted by molar-refractivity contribution is 0.0780. The Morgan fingerprint density at radius 3 is 2.95 bits per heavy atom. The molecule has 1 aromatic heterocycles. The minimum atomic E-state index is -0.217. The summed E-state index contributed by atoms with van der Waals surface area (Å²) in [5.74, 6) is 1.21. The van der Waals surface area contributed by atoms with Crippen LogP contribution in [0.25, 0.3) is 0 Å². The number of ether oxygens (including phenoxy) is 2. The number of pyridine rings is 1. The molecule has 1 amide bonds. The first-order chi connectivity index (χ1) is 10.1. The van der Waals surface area contributed by atoms with Crippen molar-refractivity contribution < 1.29 is 14.3 Å². The van der Waals surface area contributed by atoms with Crippen LogP contribution in [0.5, 0.6) is 11.5 Å². The molecule has 108 valence electrons. The third-order valence-electron chi connectivity index (χ3n) is 3.24. The van der Waals surface area contributed by atoms with E-state index < -0.39 is 0 Å². The number of nitrogen functional groups attached to an aromatic ring is 1. The maximum absolute atomic E-state index is 12.3. The number of anilines is 1. The minimum absolute atomic E-state index is 0.217. The van der Waals surface area contributed by atoms with Crippen LogP contribution in [0.2, 0.25) is 0 Å². The van der Waals surface area contributed by atoms with E-state index in [1.807, 2.05) is 18.2 Å². The zero-order valence-electron chi connectivity index (χ0n) is 11.6. The smallest absolute Gasteiger partial charge is 0.274 e. The molecule has 0 aliphatic carbocycles. The van der Waals surface area contributed by atoms with Crippen molar-refractivity contribution in [2.24, 2.45) is 0 Å². The van der Waals surface area contributed by atoms with Gasteiger partial charge in [-0.15, -0.1) is 0 Å². The molecule has 1 aromatic carbocycles. The normalized spacial score (nSPS) is 12.2. The summed E-state index contributed by atoms with van der Waals surface area (Å²) in [6.45, 7) is 0.670. The first kappa shape index (κ1) is 13.2. The van der Waals surface area contributed by atoms with Gasteiger partial charge in [0.25, 0.3) is 5.91 Å². The molecule has 0 bridgehead atoms. The maximum atomic E-state index is 12.3. The van der Waals surface area contributed by atoms with Crippen molar-refractivity contribution in [3.8, 4) is 11.5 Å². The minimum Gasteiger partial charge on any atom is -0.454 e. The lowest BCUT2D eigenvalue weighted by atomic mass is 10.2. The molecule has 0 saturated carbocycles. The average Bonchev–Trinajstić information content (AvgIpc) is 2.94. The van der Waals surface area contributed by atoms with Gasteiger partial charge in [0.1, 0.15) is 0 Å². The summed E-state index contributed by atoms with van der Waals surface area (Å²) in [5, 5.41) is 0. The Kier molecular flexibility index (Phi) is 3.35. The van der Waals surface area contributed by atoms with Crippen LogP contribution in [0.15, 0.2) is 36.5 Å². The molecule has 0 fully saturated rings. The highest BCUT2D eigenvalue weighted by molar-refractivity contribution is 5.96. The molecular formula is C15H15N3O3. The summed E-state index contributed by atoms with van der Waals surface area (Å²) >= 11 is 0. The Labute approximate surface area is 122 Å². The highest BCUT2D eigenvalue weighted by Crippen LogP contribution is 2.32. The van der Waals surface area contributed by atoms with E-state index in [4.69, 9.17) is 15.2 Å². The third kappa shape index (κ3) is 2.60. The average molecular weight is 285 g/mol. The van der Waals surface area contributed by atoms with Gasteiger partial charge in [-0.1, -0.05) is 6.07 Å². The molecule has 6 heteroatoms. The van der Waals surface area contributed by atoms with Crippen LogP contribution in [0.3, 0.4) is 0 Å². The molecule has 2 aromatic rings. The number of carbonyl (C=O) groups excluding carboxylic acids is 1. The summed E-state index contributed by atoms with van der Waals surface area (Å²) in [6.07, 6.45) is 1.55. The van der Waals surface area contributed by atoms with E-state index in [9.17, 15) is 4.79 Å². The highest BCUT2D eigenvalue weighted by atomic mass is 16.7. The number of benzene rings is 1. The van der Waals surface area contributed by atoms with Gasteiger partial charge in [0.2, 0.25) is 6.79 Å². The Morgan fingerprint density at radius 1 is 1.33 bits per heavy atom. The van der Waals surface area contributed by atoms with Crippen LogP contribution in [-0.2, 0) is 6.54 Å². The summed E-state index contributed by atoms with van der Waals surface area (Å²) in [4.78, 5) is 17.9. The molecule has 0 spiro atoms. The summed E-state index contributed by atoms with van der Waals surface area (Å²) in [5.41, 5.74) is 7.37. The van der Waals surface area contributed by atoms with E-state index in [0.29, 0.717) is 18.0 Å². The van der Waals surface area contributed by atoms with Crippen molar-refractivity contribution in [2.75, 3.05) is 19.6 Å². The van der Waals surface area contributed by atoms with Crippen molar-refractivity contribution in [1.82, 2.24) is 9.88 Å². The van der Waals surface area contributed by atoms with Gasteiger partial charge in [-0.3, -0.25) is 4.79 Å². The highest BCUT2D eigenvalue weighted by Gasteiger charge is 2.18. The fourth-order valence-electron chi connectivity index (χ4n) is 2.16. The zero-order valence-corrected chi connectivity index (χ0v) is 11.6. The number of fused-ring (bicyclic) bond motifs is 1. The molecule has 3 rings (SSSR count). The van der Waals surface area contributed by atoms with Crippen LogP contribution in [0.4, 0.5) is 5.69 Å². The van der Waals surface area contributed by atoms with Gasteiger partial charge in [0.15, 0.2) is 17.2 Å². The van der Waals surface area contributed by atoms with Crippen molar-refractivity contribution >= 4 is 11.6 Å². The van der Waals surface area contributed by atoms with Gasteiger partial charge in [-0.05, 0) is 29.8 Å². The van der Waals surface area contributed by atoms with Crippen LogP contribution >= 0.6 is 0 Å². The standard InChI is InChI=1S/C15H15N3O3/c1-18(15(19)14-11(16)3-2-6-17-14)8-10-4-5-12-13(7-10)21-9-20-12/h2-7H,8-9,16H2,1H3. The molecule has 2 heterocycles.